The Balaban J connectivity index is 1.49. The van der Waals surface area contributed by atoms with E-state index in [2.05, 4.69) is 20.3 Å². The van der Waals surface area contributed by atoms with Gasteiger partial charge >= 0.3 is 0 Å². The van der Waals surface area contributed by atoms with E-state index in [0.717, 1.165) is 27.8 Å². The number of carbonyl (C=O) groups excluding carboxylic acids is 1. The Hall–Kier alpha value is -3.10. The molecule has 4 rings (SSSR count). The number of rotatable bonds is 7. The summed E-state index contributed by atoms with van der Waals surface area (Å²) in [7, 11) is 0. The van der Waals surface area contributed by atoms with Gasteiger partial charge in [-0.25, -0.2) is 15.0 Å². The van der Waals surface area contributed by atoms with Crippen molar-refractivity contribution in [2.75, 3.05) is 12.3 Å². The summed E-state index contributed by atoms with van der Waals surface area (Å²) in [5, 5.41) is 4.21. The van der Waals surface area contributed by atoms with Gasteiger partial charge in [-0.2, -0.15) is 0 Å². The van der Waals surface area contributed by atoms with Crippen molar-refractivity contribution in [3.63, 3.8) is 0 Å². The number of nitrogens with one attached hydrogen (secondary N) is 2. The van der Waals surface area contributed by atoms with Crippen molar-refractivity contribution in [2.24, 2.45) is 0 Å². The molecule has 0 fully saturated rings. The fraction of sp³-hybridized carbons (Fsp3) is 0.100. The third-order valence-corrected chi connectivity index (χ3v) is 5.14. The highest BCUT2D eigenvalue weighted by Crippen LogP contribution is 2.32. The van der Waals surface area contributed by atoms with Gasteiger partial charge in [0.25, 0.3) is 5.91 Å². The zero-order valence-corrected chi connectivity index (χ0v) is 16.7. The molecule has 4 aromatic rings. The number of hydrogen-bond donors (Lipinski definition) is 2. The fourth-order valence-electron chi connectivity index (χ4n) is 2.67. The number of halogens is 1. The molecule has 0 unspecified atom stereocenters. The third kappa shape index (κ3) is 4.67. The van der Waals surface area contributed by atoms with Crippen molar-refractivity contribution in [3.8, 4) is 22.6 Å². The number of furan rings is 1. The van der Waals surface area contributed by atoms with E-state index in [4.69, 9.17) is 21.0 Å². The number of hydrogen-bond acceptors (Lipinski definition) is 6. The first-order valence-electron chi connectivity index (χ1n) is 8.77. The number of thioether (sulfide) groups is 1. The van der Waals surface area contributed by atoms with Crippen LogP contribution in [0.1, 0.15) is 10.6 Å². The topological polar surface area (TPSA) is 96.7 Å². The molecule has 1 amide bonds. The molecule has 0 aliphatic rings. The van der Waals surface area contributed by atoms with Crippen LogP contribution in [0.4, 0.5) is 0 Å². The van der Waals surface area contributed by atoms with Gasteiger partial charge in [-0.3, -0.25) is 4.79 Å². The predicted octanol–water partition coefficient (Wildman–Crippen LogP) is 4.30. The summed E-state index contributed by atoms with van der Waals surface area (Å²) in [4.78, 5) is 28.3. The minimum Gasteiger partial charge on any atom is -0.459 e. The molecule has 0 spiro atoms. The Morgan fingerprint density at radius 1 is 1.21 bits per heavy atom. The second-order valence-corrected chi connectivity index (χ2v) is 7.47. The highest BCUT2D eigenvalue weighted by Gasteiger charge is 2.16. The summed E-state index contributed by atoms with van der Waals surface area (Å²) in [6.07, 6.45) is 4.66. The molecule has 29 heavy (non-hydrogen) atoms. The Bertz CT molecular complexity index is 1080. The van der Waals surface area contributed by atoms with Gasteiger partial charge in [0.2, 0.25) is 0 Å². The second kappa shape index (κ2) is 8.93. The van der Waals surface area contributed by atoms with Crippen molar-refractivity contribution < 1.29 is 9.21 Å². The number of amides is 1. The molecule has 9 heteroatoms. The molecule has 0 aliphatic carbocycles. The van der Waals surface area contributed by atoms with Gasteiger partial charge in [0.05, 0.1) is 23.3 Å². The SMILES string of the molecule is O=C(NCCSc1nc(-c2ccc(Cl)cc2)c(-c2ccncn2)[nH]1)c1ccco1. The van der Waals surface area contributed by atoms with Crippen LogP contribution in [0, 0.1) is 0 Å². The summed E-state index contributed by atoms with van der Waals surface area (Å²) in [5.41, 5.74) is 3.26. The maximum atomic E-state index is 11.9. The maximum Gasteiger partial charge on any atom is 0.287 e. The van der Waals surface area contributed by atoms with Gasteiger partial charge in [-0.15, -0.1) is 0 Å². The van der Waals surface area contributed by atoms with Crippen LogP contribution in [-0.4, -0.2) is 38.1 Å². The van der Waals surface area contributed by atoms with Crippen molar-refractivity contribution in [2.45, 2.75) is 5.16 Å². The molecular weight excluding hydrogens is 410 g/mol. The average Bonchev–Trinajstić information content (AvgIpc) is 3.43. The van der Waals surface area contributed by atoms with Gasteiger partial charge in [-0.1, -0.05) is 35.5 Å². The Morgan fingerprint density at radius 2 is 2.07 bits per heavy atom. The van der Waals surface area contributed by atoms with Crippen LogP contribution in [0.2, 0.25) is 5.02 Å². The largest absolute Gasteiger partial charge is 0.459 e. The minimum atomic E-state index is -0.237. The zero-order valence-electron chi connectivity index (χ0n) is 15.1. The molecule has 3 aromatic heterocycles. The Morgan fingerprint density at radius 3 is 2.79 bits per heavy atom. The van der Waals surface area contributed by atoms with Crippen LogP contribution in [0.15, 0.2) is 70.8 Å². The summed E-state index contributed by atoms with van der Waals surface area (Å²) >= 11 is 7.52. The number of aromatic nitrogens is 4. The lowest BCUT2D eigenvalue weighted by Crippen LogP contribution is -2.25. The molecule has 2 N–H and O–H groups in total. The zero-order chi connectivity index (χ0) is 20.1. The van der Waals surface area contributed by atoms with Crippen molar-refractivity contribution in [3.05, 3.63) is 72.0 Å². The lowest BCUT2D eigenvalue weighted by molar-refractivity contribution is 0.0928. The number of aromatic amines is 1. The Labute approximate surface area is 175 Å². The number of nitrogens with zero attached hydrogens (tertiary/aromatic N) is 3. The van der Waals surface area contributed by atoms with Crippen molar-refractivity contribution in [1.29, 1.82) is 0 Å². The molecule has 146 valence electrons. The summed E-state index contributed by atoms with van der Waals surface area (Å²) in [6, 6.07) is 12.6. The highest BCUT2D eigenvalue weighted by molar-refractivity contribution is 7.99. The standard InChI is InChI=1S/C20H16ClN5O2S/c21-14-5-3-13(4-6-14)17-18(15-7-8-22-12-24-15)26-20(25-17)29-11-9-23-19(27)16-2-1-10-28-16/h1-8,10,12H,9,11H2,(H,23,27)(H,25,26). The predicted molar refractivity (Wildman–Crippen MR) is 112 cm³/mol. The molecule has 0 saturated heterocycles. The average molecular weight is 426 g/mol. The number of imidazole rings is 1. The number of carbonyl (C=O) groups is 1. The van der Waals surface area contributed by atoms with Crippen molar-refractivity contribution in [1.82, 2.24) is 25.3 Å². The van der Waals surface area contributed by atoms with Crippen LogP contribution in [0.25, 0.3) is 22.6 Å². The van der Waals surface area contributed by atoms with Crippen LogP contribution in [-0.2, 0) is 0 Å². The van der Waals surface area contributed by atoms with Gasteiger partial charge in [0, 0.05) is 29.1 Å². The van der Waals surface area contributed by atoms with Crippen LogP contribution in [0.5, 0.6) is 0 Å². The lowest BCUT2D eigenvalue weighted by Gasteiger charge is -2.02. The van der Waals surface area contributed by atoms with Crippen LogP contribution >= 0.6 is 23.4 Å². The molecule has 0 bridgehead atoms. The maximum absolute atomic E-state index is 11.9. The van der Waals surface area contributed by atoms with E-state index in [1.54, 1.807) is 18.3 Å². The highest BCUT2D eigenvalue weighted by atomic mass is 35.5. The lowest BCUT2D eigenvalue weighted by atomic mass is 10.1. The fourth-order valence-corrected chi connectivity index (χ4v) is 3.52. The molecule has 1 aromatic carbocycles. The van der Waals surface area contributed by atoms with Gasteiger partial charge in [-0.05, 0) is 30.3 Å². The van der Waals surface area contributed by atoms with E-state index in [9.17, 15) is 4.79 Å². The van der Waals surface area contributed by atoms with E-state index in [-0.39, 0.29) is 5.91 Å². The summed E-state index contributed by atoms with van der Waals surface area (Å²) in [6.45, 7) is 0.476. The summed E-state index contributed by atoms with van der Waals surface area (Å²) < 4.78 is 5.08. The third-order valence-electron chi connectivity index (χ3n) is 4.01. The first-order chi connectivity index (χ1) is 14.2. The first kappa shape index (κ1) is 19.2. The number of H-pyrrole nitrogens is 1. The van der Waals surface area contributed by atoms with Gasteiger partial charge in [0.1, 0.15) is 6.33 Å². The van der Waals surface area contributed by atoms with Gasteiger partial charge < -0.3 is 14.7 Å². The smallest absolute Gasteiger partial charge is 0.287 e. The van der Waals surface area contributed by atoms with E-state index >= 15 is 0 Å². The van der Waals surface area contributed by atoms with E-state index < -0.39 is 0 Å². The molecule has 7 nitrogen and oxygen atoms in total. The molecular formula is C20H16ClN5O2S. The molecule has 0 aliphatic heterocycles. The van der Waals surface area contributed by atoms with Gasteiger partial charge in [0.15, 0.2) is 10.9 Å². The van der Waals surface area contributed by atoms with Crippen LogP contribution < -0.4 is 5.32 Å². The quantitative estimate of drug-likeness (QED) is 0.338. The first-order valence-corrected chi connectivity index (χ1v) is 10.1. The molecule has 3 heterocycles. The van der Waals surface area contributed by atoms with Crippen LogP contribution in [0.3, 0.4) is 0 Å². The van der Waals surface area contributed by atoms with E-state index in [1.165, 1.54) is 24.4 Å². The second-order valence-electron chi connectivity index (χ2n) is 5.95. The molecule has 0 radical (unpaired) electrons. The van der Waals surface area contributed by atoms with E-state index in [0.29, 0.717) is 23.1 Å². The molecule has 0 atom stereocenters. The monoisotopic (exact) mass is 425 g/mol. The summed E-state index contributed by atoms with van der Waals surface area (Å²) in [5.74, 6) is 0.700. The normalized spacial score (nSPS) is 10.8. The molecule has 0 saturated carbocycles. The Kier molecular flexibility index (Phi) is 5.92. The van der Waals surface area contributed by atoms with E-state index in [1.807, 2.05) is 30.3 Å². The van der Waals surface area contributed by atoms with Crippen molar-refractivity contribution >= 4 is 29.3 Å². The number of benzene rings is 1. The minimum absolute atomic E-state index is 0.237.